The van der Waals surface area contributed by atoms with Crippen molar-refractivity contribution in [1.29, 1.82) is 0 Å². The highest BCUT2D eigenvalue weighted by Crippen LogP contribution is 2.58. The van der Waals surface area contributed by atoms with Gasteiger partial charge >= 0.3 is 5.69 Å². The van der Waals surface area contributed by atoms with E-state index in [1.54, 1.807) is 0 Å². The molecule has 0 saturated heterocycles. The predicted molar refractivity (Wildman–Crippen MR) is 66.8 cm³/mol. The van der Waals surface area contributed by atoms with E-state index in [0.29, 0.717) is 24.4 Å². The molecule has 4 fully saturated rings. The van der Waals surface area contributed by atoms with Gasteiger partial charge in [0, 0.05) is 6.04 Å². The molecule has 5 rings (SSSR count). The van der Waals surface area contributed by atoms with Crippen LogP contribution in [0.5, 0.6) is 0 Å². The summed E-state index contributed by atoms with van der Waals surface area (Å²) in [5, 5.41) is 6.64. The van der Waals surface area contributed by atoms with Crippen LogP contribution in [0.1, 0.15) is 44.0 Å². The molecule has 4 aliphatic carbocycles. The molecular formula is C13H20N4O. The first-order valence-corrected chi connectivity index (χ1v) is 7.12. The Bertz CT molecular complexity index is 489. The van der Waals surface area contributed by atoms with Gasteiger partial charge in [-0.3, -0.25) is 4.57 Å². The molecule has 0 amide bonds. The Kier molecular flexibility index (Phi) is 2.22. The smallest absolute Gasteiger partial charge is 0.324 e. The highest BCUT2D eigenvalue weighted by atomic mass is 16.1. The van der Waals surface area contributed by atoms with Gasteiger partial charge in [0.1, 0.15) is 5.82 Å². The van der Waals surface area contributed by atoms with Crippen LogP contribution in [0.15, 0.2) is 4.79 Å². The standard InChI is InChI=1S/C13H20N4O/c14-6-11-15-16-13(18)17(11)12-9-2-7-1-8(4-9)5-10(12)3-7/h7-10,12H,1-6,14H2,(H,16,18). The molecule has 0 aliphatic heterocycles. The Morgan fingerprint density at radius 3 is 2.33 bits per heavy atom. The van der Waals surface area contributed by atoms with Crippen LogP contribution in [-0.4, -0.2) is 14.8 Å². The maximum absolute atomic E-state index is 12.0. The van der Waals surface area contributed by atoms with Crippen molar-refractivity contribution in [3.63, 3.8) is 0 Å². The molecule has 3 N–H and O–H groups in total. The number of aromatic nitrogens is 3. The number of nitrogens with one attached hydrogen (secondary N) is 1. The van der Waals surface area contributed by atoms with Crippen molar-refractivity contribution in [2.45, 2.75) is 44.7 Å². The lowest BCUT2D eigenvalue weighted by Crippen LogP contribution is -2.48. The van der Waals surface area contributed by atoms with E-state index in [1.807, 2.05) is 4.57 Å². The molecule has 0 atom stereocenters. The third kappa shape index (κ3) is 1.37. The highest BCUT2D eigenvalue weighted by molar-refractivity contribution is 5.03. The highest BCUT2D eigenvalue weighted by Gasteiger charge is 2.49. The van der Waals surface area contributed by atoms with Gasteiger partial charge in [0.15, 0.2) is 0 Å². The first kappa shape index (κ1) is 10.8. The number of rotatable bonds is 2. The molecule has 4 bridgehead atoms. The third-order valence-corrected chi connectivity index (χ3v) is 5.44. The lowest BCUT2D eigenvalue weighted by atomic mass is 9.54. The van der Waals surface area contributed by atoms with Gasteiger partial charge in [0.2, 0.25) is 0 Å². The summed E-state index contributed by atoms with van der Waals surface area (Å²) in [6.07, 6.45) is 6.65. The van der Waals surface area contributed by atoms with Gasteiger partial charge in [-0.05, 0) is 55.8 Å². The Morgan fingerprint density at radius 2 is 1.78 bits per heavy atom. The van der Waals surface area contributed by atoms with Crippen LogP contribution >= 0.6 is 0 Å². The van der Waals surface area contributed by atoms with Gasteiger partial charge in [-0.25, -0.2) is 9.89 Å². The Hall–Kier alpha value is -1.10. The van der Waals surface area contributed by atoms with E-state index in [1.165, 1.54) is 32.1 Å². The predicted octanol–water partition coefficient (Wildman–Crippen LogP) is 1.03. The van der Waals surface area contributed by atoms with Crippen molar-refractivity contribution >= 4 is 0 Å². The summed E-state index contributed by atoms with van der Waals surface area (Å²) >= 11 is 0. The van der Waals surface area contributed by atoms with Crippen LogP contribution in [0.2, 0.25) is 0 Å². The van der Waals surface area contributed by atoms with Crippen LogP contribution in [0.25, 0.3) is 0 Å². The van der Waals surface area contributed by atoms with Crippen LogP contribution in [0, 0.1) is 23.7 Å². The number of hydrogen-bond acceptors (Lipinski definition) is 3. The fourth-order valence-electron chi connectivity index (χ4n) is 5.11. The second-order valence-electron chi connectivity index (χ2n) is 6.44. The number of nitrogens with zero attached hydrogens (tertiary/aromatic N) is 2. The van der Waals surface area contributed by atoms with Crippen molar-refractivity contribution in [3.8, 4) is 0 Å². The second kappa shape index (κ2) is 3.70. The van der Waals surface area contributed by atoms with Gasteiger partial charge in [0.25, 0.3) is 0 Å². The zero-order chi connectivity index (χ0) is 12.3. The van der Waals surface area contributed by atoms with Crippen LogP contribution in [0.3, 0.4) is 0 Å². The number of hydrogen-bond donors (Lipinski definition) is 2. The molecule has 98 valence electrons. The van der Waals surface area contributed by atoms with E-state index in [-0.39, 0.29) is 5.69 Å². The van der Waals surface area contributed by atoms with Crippen LogP contribution in [0.4, 0.5) is 0 Å². The van der Waals surface area contributed by atoms with Crippen molar-refractivity contribution in [2.24, 2.45) is 29.4 Å². The molecule has 4 saturated carbocycles. The first-order chi connectivity index (χ1) is 8.76. The van der Waals surface area contributed by atoms with E-state index >= 15 is 0 Å². The molecule has 5 nitrogen and oxygen atoms in total. The van der Waals surface area contributed by atoms with Gasteiger partial charge in [-0.2, -0.15) is 5.10 Å². The minimum atomic E-state index is -0.0621. The summed E-state index contributed by atoms with van der Waals surface area (Å²) in [6, 6.07) is 0.364. The third-order valence-electron chi connectivity index (χ3n) is 5.44. The fraction of sp³-hybridized carbons (Fsp3) is 0.846. The van der Waals surface area contributed by atoms with Crippen LogP contribution in [-0.2, 0) is 6.54 Å². The first-order valence-electron chi connectivity index (χ1n) is 7.12. The Labute approximate surface area is 106 Å². The second-order valence-corrected chi connectivity index (χ2v) is 6.44. The maximum atomic E-state index is 12.0. The molecule has 0 unspecified atom stereocenters. The lowest BCUT2D eigenvalue weighted by molar-refractivity contribution is -0.0313. The normalized spacial score (nSPS) is 41.5. The van der Waals surface area contributed by atoms with E-state index in [2.05, 4.69) is 10.2 Å². The van der Waals surface area contributed by atoms with Gasteiger partial charge < -0.3 is 5.73 Å². The van der Waals surface area contributed by atoms with Gasteiger partial charge in [-0.1, -0.05) is 0 Å². The van der Waals surface area contributed by atoms with E-state index < -0.39 is 0 Å². The van der Waals surface area contributed by atoms with Gasteiger partial charge in [0.05, 0.1) is 6.54 Å². The number of aromatic amines is 1. The van der Waals surface area contributed by atoms with E-state index in [0.717, 1.165) is 17.7 Å². The molecular weight excluding hydrogens is 228 g/mol. The Balaban J connectivity index is 1.76. The van der Waals surface area contributed by atoms with Crippen LogP contribution < -0.4 is 11.4 Å². The summed E-state index contributed by atoms with van der Waals surface area (Å²) in [6.45, 7) is 0.349. The molecule has 0 spiro atoms. The van der Waals surface area contributed by atoms with Crippen molar-refractivity contribution in [3.05, 3.63) is 16.3 Å². The molecule has 4 aliphatic rings. The fourth-order valence-corrected chi connectivity index (χ4v) is 5.11. The maximum Gasteiger partial charge on any atom is 0.343 e. The largest absolute Gasteiger partial charge is 0.343 e. The summed E-state index contributed by atoms with van der Waals surface area (Å²) in [4.78, 5) is 12.0. The molecule has 0 radical (unpaired) electrons. The zero-order valence-electron chi connectivity index (χ0n) is 10.5. The Morgan fingerprint density at radius 1 is 1.17 bits per heavy atom. The molecule has 1 aromatic rings. The van der Waals surface area contributed by atoms with Crippen molar-refractivity contribution < 1.29 is 0 Å². The number of nitrogens with two attached hydrogens (primary N) is 1. The minimum Gasteiger partial charge on any atom is -0.324 e. The average molecular weight is 248 g/mol. The summed E-state index contributed by atoms with van der Waals surface area (Å²) in [7, 11) is 0. The minimum absolute atomic E-state index is 0.0621. The van der Waals surface area contributed by atoms with Crippen molar-refractivity contribution in [2.75, 3.05) is 0 Å². The monoisotopic (exact) mass is 248 g/mol. The van der Waals surface area contributed by atoms with E-state index in [9.17, 15) is 4.79 Å². The lowest BCUT2D eigenvalue weighted by Gasteiger charge is -2.54. The summed E-state index contributed by atoms with van der Waals surface area (Å²) < 4.78 is 1.88. The van der Waals surface area contributed by atoms with E-state index in [4.69, 9.17) is 5.73 Å². The molecule has 1 aromatic heterocycles. The zero-order valence-corrected chi connectivity index (χ0v) is 10.5. The summed E-state index contributed by atoms with van der Waals surface area (Å²) in [5.74, 6) is 3.95. The average Bonchev–Trinajstić information content (AvgIpc) is 2.70. The molecule has 5 heteroatoms. The molecule has 0 aromatic carbocycles. The summed E-state index contributed by atoms with van der Waals surface area (Å²) in [5.41, 5.74) is 5.65. The van der Waals surface area contributed by atoms with Crippen molar-refractivity contribution in [1.82, 2.24) is 14.8 Å². The SMILES string of the molecule is NCc1n[nH]c(=O)n1C1C2CC3CC(C2)CC1C3. The quantitative estimate of drug-likeness (QED) is 0.820. The van der Waals surface area contributed by atoms with Gasteiger partial charge in [-0.15, -0.1) is 0 Å². The number of H-pyrrole nitrogens is 1. The topological polar surface area (TPSA) is 76.7 Å². The molecule has 1 heterocycles. The molecule has 18 heavy (non-hydrogen) atoms.